The third-order valence-corrected chi connectivity index (χ3v) is 5.08. The fourth-order valence-electron chi connectivity index (χ4n) is 3.17. The lowest BCUT2D eigenvalue weighted by Gasteiger charge is -2.38. The van der Waals surface area contributed by atoms with Gasteiger partial charge in [0.1, 0.15) is 0 Å². The van der Waals surface area contributed by atoms with Gasteiger partial charge < -0.3 is 0 Å². The summed E-state index contributed by atoms with van der Waals surface area (Å²) in [7, 11) is 0. The van der Waals surface area contributed by atoms with E-state index in [4.69, 9.17) is 0 Å². The first-order valence-electron chi connectivity index (χ1n) is 6.08. The van der Waals surface area contributed by atoms with Crippen molar-refractivity contribution in [3.05, 3.63) is 45.1 Å². The maximum absolute atomic E-state index is 2.38. The predicted octanol–water partition coefficient (Wildman–Crippen LogP) is 4.96. The Morgan fingerprint density at radius 1 is 0.750 bits per heavy atom. The summed E-state index contributed by atoms with van der Waals surface area (Å²) in [6.45, 7) is 16.0. The molecule has 2 aliphatic carbocycles. The topological polar surface area (TPSA) is 0 Å². The third kappa shape index (κ3) is 1.10. The third-order valence-electron chi connectivity index (χ3n) is 5.08. The Kier molecular flexibility index (Phi) is 2.31. The molecule has 1 atom stereocenters. The first kappa shape index (κ1) is 11.4. The van der Waals surface area contributed by atoms with Crippen LogP contribution in [0.2, 0.25) is 0 Å². The second-order valence-electron chi connectivity index (χ2n) is 5.49. The van der Waals surface area contributed by atoms with Crippen molar-refractivity contribution in [3.63, 3.8) is 0 Å². The van der Waals surface area contributed by atoms with Crippen molar-refractivity contribution in [3.8, 4) is 0 Å². The summed E-state index contributed by atoms with van der Waals surface area (Å²) in [6.07, 6.45) is 2.38. The van der Waals surface area contributed by atoms with Gasteiger partial charge in [0.05, 0.1) is 0 Å². The van der Waals surface area contributed by atoms with Gasteiger partial charge in [-0.3, -0.25) is 0 Å². The highest BCUT2D eigenvalue weighted by atomic mass is 14.4. The molecular formula is C16H22. The zero-order valence-electron chi connectivity index (χ0n) is 11.6. The monoisotopic (exact) mass is 214 g/mol. The minimum Gasteiger partial charge on any atom is -0.0560 e. The van der Waals surface area contributed by atoms with Gasteiger partial charge in [0.15, 0.2) is 0 Å². The summed E-state index contributed by atoms with van der Waals surface area (Å²) in [5.41, 5.74) is 10.6. The van der Waals surface area contributed by atoms with Crippen molar-refractivity contribution in [2.75, 3.05) is 0 Å². The molecule has 0 heteroatoms. The molecule has 0 saturated heterocycles. The van der Waals surface area contributed by atoms with Crippen molar-refractivity contribution < 1.29 is 0 Å². The molecule has 2 aliphatic rings. The lowest BCUT2D eigenvalue weighted by Crippen LogP contribution is -2.25. The molecule has 0 amide bonds. The molecule has 16 heavy (non-hydrogen) atoms. The van der Waals surface area contributed by atoms with Crippen LogP contribution in [0.4, 0.5) is 0 Å². The Morgan fingerprint density at radius 3 is 1.88 bits per heavy atom. The van der Waals surface area contributed by atoms with Gasteiger partial charge in [-0.25, -0.2) is 0 Å². The maximum Gasteiger partial charge on any atom is 0.0351 e. The fourth-order valence-corrected chi connectivity index (χ4v) is 3.17. The van der Waals surface area contributed by atoms with Crippen molar-refractivity contribution in [1.29, 1.82) is 0 Å². The van der Waals surface area contributed by atoms with E-state index in [0.29, 0.717) is 0 Å². The summed E-state index contributed by atoms with van der Waals surface area (Å²) in [4.78, 5) is 0. The van der Waals surface area contributed by atoms with E-state index in [9.17, 15) is 0 Å². The zero-order valence-corrected chi connectivity index (χ0v) is 11.6. The predicted molar refractivity (Wildman–Crippen MR) is 71.3 cm³/mol. The summed E-state index contributed by atoms with van der Waals surface area (Å²) >= 11 is 0. The molecule has 0 radical (unpaired) electrons. The van der Waals surface area contributed by atoms with Crippen LogP contribution in [-0.2, 0) is 0 Å². The highest BCUT2D eigenvalue weighted by molar-refractivity contribution is 5.65. The van der Waals surface area contributed by atoms with Gasteiger partial charge in [-0.1, -0.05) is 22.8 Å². The van der Waals surface area contributed by atoms with E-state index >= 15 is 0 Å². The van der Waals surface area contributed by atoms with Crippen LogP contribution < -0.4 is 0 Å². The van der Waals surface area contributed by atoms with E-state index in [0.717, 1.165) is 0 Å². The molecule has 2 rings (SSSR count). The van der Waals surface area contributed by atoms with Crippen molar-refractivity contribution in [1.82, 2.24) is 0 Å². The zero-order chi connectivity index (χ0) is 12.2. The van der Waals surface area contributed by atoms with Crippen molar-refractivity contribution >= 4 is 0 Å². The summed E-state index contributed by atoms with van der Waals surface area (Å²) in [5, 5.41) is 0. The van der Waals surface area contributed by atoms with E-state index in [2.05, 4.69) is 54.5 Å². The first-order valence-corrected chi connectivity index (χ1v) is 6.08. The van der Waals surface area contributed by atoms with Crippen LogP contribution >= 0.6 is 0 Å². The molecule has 0 bridgehead atoms. The summed E-state index contributed by atoms with van der Waals surface area (Å²) in [6, 6.07) is 0. The average molecular weight is 214 g/mol. The second-order valence-corrected chi connectivity index (χ2v) is 5.49. The van der Waals surface area contributed by atoms with Gasteiger partial charge >= 0.3 is 0 Å². The minimum atomic E-state index is 0.164. The maximum atomic E-state index is 2.38. The molecule has 0 spiro atoms. The number of allylic oxidation sites excluding steroid dienone is 8. The Morgan fingerprint density at radius 2 is 1.31 bits per heavy atom. The standard InChI is InChI=1S/C16H22/c1-9-8-15-12(4)10(2)11(3)14(6)16(15,7)13(9)5/h8H,1-7H3. The summed E-state index contributed by atoms with van der Waals surface area (Å²) in [5.74, 6) is 0. The molecule has 86 valence electrons. The fraction of sp³-hybridized carbons (Fsp3) is 0.500. The van der Waals surface area contributed by atoms with Crippen LogP contribution in [0.3, 0.4) is 0 Å². The molecule has 0 nitrogen and oxygen atoms in total. The average Bonchev–Trinajstić information content (AvgIpc) is 2.49. The molecule has 0 aromatic rings. The van der Waals surface area contributed by atoms with E-state index < -0.39 is 0 Å². The number of rotatable bonds is 0. The van der Waals surface area contributed by atoms with Crippen molar-refractivity contribution in [2.24, 2.45) is 5.41 Å². The molecule has 0 aliphatic heterocycles. The quantitative estimate of drug-likeness (QED) is 0.535. The number of hydrogen-bond acceptors (Lipinski definition) is 0. The molecule has 0 fully saturated rings. The molecular weight excluding hydrogens is 192 g/mol. The Labute approximate surface area is 99.4 Å². The molecule has 0 heterocycles. The molecule has 0 saturated carbocycles. The van der Waals surface area contributed by atoms with E-state index in [1.807, 2.05) is 0 Å². The molecule has 1 unspecified atom stereocenters. The SMILES string of the molecule is CC1=C(C)C2(C)C(=C1)C(C)=C(C)C(C)=C2C. The second kappa shape index (κ2) is 3.23. The summed E-state index contributed by atoms with van der Waals surface area (Å²) < 4.78 is 0. The van der Waals surface area contributed by atoms with Gasteiger partial charge in [-0.2, -0.15) is 0 Å². The van der Waals surface area contributed by atoms with Gasteiger partial charge in [-0.05, 0) is 70.8 Å². The van der Waals surface area contributed by atoms with Gasteiger partial charge in [0.25, 0.3) is 0 Å². The minimum absolute atomic E-state index is 0.164. The van der Waals surface area contributed by atoms with Gasteiger partial charge in [0, 0.05) is 5.41 Å². The highest BCUT2D eigenvalue weighted by Gasteiger charge is 2.41. The largest absolute Gasteiger partial charge is 0.0560 e. The highest BCUT2D eigenvalue weighted by Crippen LogP contribution is 2.55. The van der Waals surface area contributed by atoms with Crippen molar-refractivity contribution in [2.45, 2.75) is 48.5 Å². The molecule has 0 aromatic carbocycles. The normalized spacial score (nSPS) is 30.1. The molecule has 0 aromatic heterocycles. The Hall–Kier alpha value is -1.04. The van der Waals surface area contributed by atoms with Gasteiger partial charge in [0.2, 0.25) is 0 Å². The van der Waals surface area contributed by atoms with E-state index in [1.165, 1.54) is 39.0 Å². The Bertz CT molecular complexity index is 488. The first-order chi connectivity index (χ1) is 7.31. The van der Waals surface area contributed by atoms with Gasteiger partial charge in [-0.15, -0.1) is 0 Å². The van der Waals surface area contributed by atoms with E-state index in [1.54, 1.807) is 0 Å². The lowest BCUT2D eigenvalue weighted by molar-refractivity contribution is 0.573. The smallest absolute Gasteiger partial charge is 0.0351 e. The number of fused-ring (bicyclic) bond motifs is 1. The van der Waals surface area contributed by atoms with Crippen LogP contribution in [-0.4, -0.2) is 0 Å². The Balaban J connectivity index is 2.78. The van der Waals surface area contributed by atoms with Crippen LogP contribution in [0.15, 0.2) is 45.1 Å². The van der Waals surface area contributed by atoms with Crippen LogP contribution in [0, 0.1) is 5.41 Å². The molecule has 0 N–H and O–H groups in total. The van der Waals surface area contributed by atoms with Crippen LogP contribution in [0.1, 0.15) is 48.5 Å². The van der Waals surface area contributed by atoms with Crippen LogP contribution in [0.5, 0.6) is 0 Å². The number of hydrogen-bond donors (Lipinski definition) is 0. The lowest BCUT2D eigenvalue weighted by atomic mass is 9.65. The van der Waals surface area contributed by atoms with Crippen LogP contribution in [0.25, 0.3) is 0 Å². The van der Waals surface area contributed by atoms with E-state index in [-0.39, 0.29) is 5.41 Å².